The molecule has 3 aromatic rings. The van der Waals surface area contributed by atoms with Gasteiger partial charge in [-0.3, -0.25) is 14.5 Å². The fraction of sp³-hybridized carbons (Fsp3) is 0.462. The molecule has 2 amide bonds. The van der Waals surface area contributed by atoms with Crippen LogP contribution in [0.2, 0.25) is 5.02 Å². The molecule has 0 saturated heterocycles. The van der Waals surface area contributed by atoms with E-state index in [1.54, 1.807) is 23.3 Å². The minimum Gasteiger partial charge on any atom is -0.463 e. The highest BCUT2D eigenvalue weighted by Gasteiger charge is 2.50. The standard InChI is InChI=1S/C26H30ClN3O3/c1-15-7-5-9-19(16(15)2)28-25(32)26(4)14-29-21-11-12-33-23(21)13-22(29)24(31)30(26)20-10-6-8-18(27)17(20)3/h6,8,10-13,15-16,19H,5,7,9,14H2,1-4H3,(H,28,32). The topological polar surface area (TPSA) is 67.5 Å². The second-order valence-corrected chi connectivity index (χ2v) is 10.3. The second kappa shape index (κ2) is 7.94. The van der Waals surface area contributed by atoms with Gasteiger partial charge in [0.1, 0.15) is 11.2 Å². The van der Waals surface area contributed by atoms with Gasteiger partial charge < -0.3 is 14.3 Å². The predicted octanol–water partition coefficient (Wildman–Crippen LogP) is 5.56. The van der Waals surface area contributed by atoms with E-state index in [2.05, 4.69) is 19.2 Å². The van der Waals surface area contributed by atoms with E-state index in [1.165, 1.54) is 6.42 Å². The monoisotopic (exact) mass is 467 g/mol. The first-order chi connectivity index (χ1) is 15.7. The van der Waals surface area contributed by atoms with Crippen molar-refractivity contribution in [1.82, 2.24) is 9.88 Å². The lowest BCUT2D eigenvalue weighted by atomic mass is 9.77. The molecular weight excluding hydrogens is 438 g/mol. The lowest BCUT2D eigenvalue weighted by Gasteiger charge is -2.46. The van der Waals surface area contributed by atoms with Gasteiger partial charge in [-0.05, 0) is 49.8 Å². The maximum atomic E-state index is 14.0. The zero-order chi connectivity index (χ0) is 23.5. The molecule has 7 heteroatoms. The van der Waals surface area contributed by atoms with Crippen molar-refractivity contribution in [3.8, 4) is 0 Å². The summed E-state index contributed by atoms with van der Waals surface area (Å²) in [6, 6.07) is 9.17. The average molecular weight is 468 g/mol. The number of nitrogens with one attached hydrogen (secondary N) is 1. The Balaban J connectivity index is 1.61. The van der Waals surface area contributed by atoms with Crippen LogP contribution in [0.5, 0.6) is 0 Å². The average Bonchev–Trinajstić information content (AvgIpc) is 3.37. The minimum atomic E-state index is -1.14. The molecule has 1 aliphatic carbocycles. The van der Waals surface area contributed by atoms with Crippen molar-refractivity contribution < 1.29 is 14.0 Å². The molecule has 1 saturated carbocycles. The molecule has 1 aromatic carbocycles. The molecule has 1 fully saturated rings. The molecule has 2 aromatic heterocycles. The Morgan fingerprint density at radius 3 is 2.82 bits per heavy atom. The summed E-state index contributed by atoms with van der Waals surface area (Å²) in [7, 11) is 0. The molecule has 3 heterocycles. The van der Waals surface area contributed by atoms with E-state index in [9.17, 15) is 9.59 Å². The fourth-order valence-electron chi connectivity index (χ4n) is 5.54. The van der Waals surface area contributed by atoms with Crippen LogP contribution in [0, 0.1) is 18.8 Å². The Kier molecular flexibility index (Phi) is 5.31. The molecule has 1 N–H and O–H groups in total. The van der Waals surface area contributed by atoms with Crippen LogP contribution in [0.4, 0.5) is 5.69 Å². The second-order valence-electron chi connectivity index (χ2n) is 9.93. The lowest BCUT2D eigenvalue weighted by molar-refractivity contribution is -0.128. The van der Waals surface area contributed by atoms with Crippen molar-refractivity contribution in [3.63, 3.8) is 0 Å². The highest BCUT2D eigenvalue weighted by atomic mass is 35.5. The summed E-state index contributed by atoms with van der Waals surface area (Å²) in [5.74, 6) is 0.560. The Morgan fingerprint density at radius 1 is 1.24 bits per heavy atom. The number of carbonyl (C=O) groups excluding carboxylic acids is 2. The van der Waals surface area contributed by atoms with Gasteiger partial charge >= 0.3 is 0 Å². The van der Waals surface area contributed by atoms with E-state index >= 15 is 0 Å². The van der Waals surface area contributed by atoms with Crippen molar-refractivity contribution >= 4 is 40.2 Å². The molecule has 33 heavy (non-hydrogen) atoms. The molecule has 1 aliphatic heterocycles. The van der Waals surface area contributed by atoms with Gasteiger partial charge in [-0.2, -0.15) is 0 Å². The van der Waals surface area contributed by atoms with E-state index in [0.29, 0.717) is 40.4 Å². The molecule has 4 unspecified atom stereocenters. The third kappa shape index (κ3) is 3.38. The number of amides is 2. The predicted molar refractivity (Wildman–Crippen MR) is 130 cm³/mol. The first kappa shape index (κ1) is 22.1. The van der Waals surface area contributed by atoms with Crippen molar-refractivity contribution in [2.45, 2.75) is 65.1 Å². The van der Waals surface area contributed by atoms with Crippen molar-refractivity contribution in [2.75, 3.05) is 4.90 Å². The Hall–Kier alpha value is -2.73. The van der Waals surface area contributed by atoms with Crippen LogP contribution in [0.25, 0.3) is 11.1 Å². The summed E-state index contributed by atoms with van der Waals surface area (Å²) >= 11 is 6.43. The van der Waals surface area contributed by atoms with Crippen LogP contribution < -0.4 is 10.2 Å². The molecule has 0 bridgehead atoms. The number of anilines is 1. The van der Waals surface area contributed by atoms with Crippen molar-refractivity contribution in [3.05, 3.63) is 52.9 Å². The number of benzene rings is 1. The van der Waals surface area contributed by atoms with E-state index < -0.39 is 5.54 Å². The van der Waals surface area contributed by atoms with Gasteiger partial charge in [-0.25, -0.2) is 0 Å². The maximum absolute atomic E-state index is 14.0. The third-order valence-corrected chi connectivity index (χ3v) is 8.31. The van der Waals surface area contributed by atoms with Crippen LogP contribution >= 0.6 is 11.6 Å². The van der Waals surface area contributed by atoms with Gasteiger partial charge in [0.2, 0.25) is 5.91 Å². The van der Waals surface area contributed by atoms with Gasteiger partial charge in [0.05, 0.1) is 18.3 Å². The zero-order valence-corrected chi connectivity index (χ0v) is 20.3. The number of hydrogen-bond acceptors (Lipinski definition) is 3. The van der Waals surface area contributed by atoms with Crippen LogP contribution in [-0.4, -0.2) is 28.0 Å². The molecule has 2 aliphatic rings. The SMILES string of the molecule is Cc1c(Cl)cccc1N1C(=O)c2cc3occc3n2CC1(C)C(=O)NC1CCCC(C)C1C. The van der Waals surface area contributed by atoms with Crippen LogP contribution in [0.3, 0.4) is 0 Å². The number of hydrogen-bond donors (Lipinski definition) is 1. The highest BCUT2D eigenvalue weighted by molar-refractivity contribution is 6.32. The third-order valence-electron chi connectivity index (χ3n) is 7.90. The van der Waals surface area contributed by atoms with Gasteiger partial charge in [-0.1, -0.05) is 44.4 Å². The highest BCUT2D eigenvalue weighted by Crippen LogP contribution is 2.39. The zero-order valence-electron chi connectivity index (χ0n) is 19.5. The normalized spacial score (nSPS) is 27.6. The Labute approximate surface area is 198 Å². The number of halogens is 1. The van der Waals surface area contributed by atoms with Gasteiger partial charge in [-0.15, -0.1) is 0 Å². The smallest absolute Gasteiger partial charge is 0.276 e. The quantitative estimate of drug-likeness (QED) is 0.548. The molecule has 6 nitrogen and oxygen atoms in total. The number of carbonyl (C=O) groups is 2. The van der Waals surface area contributed by atoms with Gasteiger partial charge in [0.25, 0.3) is 5.91 Å². The maximum Gasteiger partial charge on any atom is 0.276 e. The number of rotatable bonds is 3. The fourth-order valence-corrected chi connectivity index (χ4v) is 5.71. The molecule has 0 spiro atoms. The Morgan fingerprint density at radius 2 is 2.03 bits per heavy atom. The summed E-state index contributed by atoms with van der Waals surface area (Å²) in [6.07, 6.45) is 4.85. The molecule has 0 radical (unpaired) electrons. The summed E-state index contributed by atoms with van der Waals surface area (Å²) < 4.78 is 7.47. The lowest BCUT2D eigenvalue weighted by Crippen LogP contribution is -2.66. The van der Waals surface area contributed by atoms with Crippen LogP contribution in [0.1, 0.15) is 56.1 Å². The summed E-state index contributed by atoms with van der Waals surface area (Å²) in [6.45, 7) is 8.52. The van der Waals surface area contributed by atoms with Crippen LogP contribution in [0.15, 0.2) is 41.0 Å². The molecule has 4 atom stereocenters. The van der Waals surface area contributed by atoms with Crippen LogP contribution in [-0.2, 0) is 11.3 Å². The molecular formula is C26H30ClN3O3. The van der Waals surface area contributed by atoms with Crippen molar-refractivity contribution in [1.29, 1.82) is 0 Å². The number of fused-ring (bicyclic) bond motifs is 3. The Bertz CT molecular complexity index is 1240. The first-order valence-corrected chi connectivity index (χ1v) is 12.1. The van der Waals surface area contributed by atoms with E-state index in [-0.39, 0.29) is 17.9 Å². The molecule has 174 valence electrons. The minimum absolute atomic E-state index is 0.0930. The van der Waals surface area contributed by atoms with Gasteiger partial charge in [0, 0.05) is 28.9 Å². The summed E-state index contributed by atoms with van der Waals surface area (Å²) in [4.78, 5) is 29.5. The largest absolute Gasteiger partial charge is 0.463 e. The van der Waals surface area contributed by atoms with Gasteiger partial charge in [0.15, 0.2) is 5.58 Å². The summed E-state index contributed by atoms with van der Waals surface area (Å²) in [5.41, 5.74) is 2.26. The number of nitrogens with zero attached hydrogens (tertiary/aromatic N) is 2. The van der Waals surface area contributed by atoms with E-state index in [1.807, 2.05) is 36.6 Å². The number of furan rings is 1. The molecule has 5 rings (SSSR count). The number of aromatic nitrogens is 1. The van der Waals surface area contributed by atoms with Crippen molar-refractivity contribution in [2.24, 2.45) is 11.8 Å². The van der Waals surface area contributed by atoms with E-state index in [0.717, 1.165) is 23.9 Å². The first-order valence-electron chi connectivity index (χ1n) is 11.7. The summed E-state index contributed by atoms with van der Waals surface area (Å²) in [5, 5.41) is 3.89. The van der Waals surface area contributed by atoms with E-state index in [4.69, 9.17) is 16.0 Å².